The molecule has 1 fully saturated rings. The Balaban J connectivity index is 1.69. The molecule has 0 aromatic heterocycles. The van der Waals surface area contributed by atoms with Crippen LogP contribution in [-0.4, -0.2) is 42.7 Å². The monoisotopic (exact) mass is 288 g/mol. The van der Waals surface area contributed by atoms with Gasteiger partial charge in [-0.1, -0.05) is 31.5 Å². The van der Waals surface area contributed by atoms with Gasteiger partial charge in [0.1, 0.15) is 11.9 Å². The van der Waals surface area contributed by atoms with Crippen LogP contribution in [0.1, 0.15) is 37.8 Å². The summed E-state index contributed by atoms with van der Waals surface area (Å²) in [7, 11) is 0. The van der Waals surface area contributed by atoms with Gasteiger partial charge in [-0.3, -0.25) is 4.90 Å². The van der Waals surface area contributed by atoms with Crippen molar-refractivity contribution in [3.63, 3.8) is 0 Å². The molecule has 0 bridgehead atoms. The maximum Gasteiger partial charge on any atom is 0.123 e. The fraction of sp³-hybridized carbons (Fsp3) is 0.667. The first kappa shape index (κ1) is 14.9. The van der Waals surface area contributed by atoms with Crippen molar-refractivity contribution in [3.8, 4) is 5.75 Å². The van der Waals surface area contributed by atoms with Gasteiger partial charge in [0.2, 0.25) is 0 Å². The molecule has 1 aromatic carbocycles. The quantitative estimate of drug-likeness (QED) is 0.922. The van der Waals surface area contributed by atoms with Crippen LogP contribution in [0.15, 0.2) is 18.2 Å². The Morgan fingerprint density at radius 3 is 2.90 bits per heavy atom. The number of fused-ring (bicyclic) bond motifs is 1. The number of hydrogen-bond donors (Lipinski definition) is 1. The number of nitrogens with zero attached hydrogens (tertiary/aromatic N) is 1. The number of ether oxygens (including phenoxy) is 1. The Kier molecular flexibility index (Phi) is 4.23. The zero-order valence-electron chi connectivity index (χ0n) is 13.6. The second kappa shape index (κ2) is 5.98. The van der Waals surface area contributed by atoms with E-state index in [1.807, 2.05) is 0 Å². The van der Waals surface area contributed by atoms with E-state index < -0.39 is 0 Å². The maximum atomic E-state index is 6.18. The highest BCUT2D eigenvalue weighted by molar-refractivity contribution is 5.40. The molecule has 2 aliphatic heterocycles. The van der Waals surface area contributed by atoms with Crippen LogP contribution in [-0.2, 0) is 6.42 Å². The van der Waals surface area contributed by atoms with Crippen LogP contribution in [0.25, 0.3) is 0 Å². The van der Waals surface area contributed by atoms with Crippen molar-refractivity contribution in [2.75, 3.05) is 26.2 Å². The van der Waals surface area contributed by atoms with Gasteiger partial charge < -0.3 is 10.1 Å². The lowest BCUT2D eigenvalue weighted by Gasteiger charge is -2.47. The standard InChI is InChI=1S/C18H28N2O/c1-4-18(5-2)13-19-8-9-20(18)12-16-11-15-10-14(3)6-7-17(15)21-16/h6-7,10,16,19H,4-5,8-9,11-13H2,1-3H3. The van der Waals surface area contributed by atoms with Crippen LogP contribution in [0.2, 0.25) is 0 Å². The third-order valence-corrected chi connectivity index (χ3v) is 5.38. The van der Waals surface area contributed by atoms with Gasteiger partial charge in [0, 0.05) is 38.1 Å². The van der Waals surface area contributed by atoms with E-state index in [4.69, 9.17) is 4.74 Å². The molecule has 116 valence electrons. The van der Waals surface area contributed by atoms with Crippen LogP contribution in [0.4, 0.5) is 0 Å². The van der Waals surface area contributed by atoms with E-state index in [-0.39, 0.29) is 0 Å². The molecule has 3 nitrogen and oxygen atoms in total. The minimum absolute atomic E-state index is 0.312. The van der Waals surface area contributed by atoms with Crippen LogP contribution in [0, 0.1) is 6.92 Å². The van der Waals surface area contributed by atoms with E-state index >= 15 is 0 Å². The molecule has 0 radical (unpaired) electrons. The van der Waals surface area contributed by atoms with Gasteiger partial charge in [-0.25, -0.2) is 0 Å². The number of nitrogens with one attached hydrogen (secondary N) is 1. The summed E-state index contributed by atoms with van der Waals surface area (Å²) in [6.07, 6.45) is 3.78. The molecule has 2 aliphatic rings. The molecule has 1 N–H and O–H groups in total. The second-order valence-electron chi connectivity index (χ2n) is 6.61. The summed E-state index contributed by atoms with van der Waals surface area (Å²) in [5.74, 6) is 1.10. The Labute approximate surface area is 128 Å². The first-order valence-corrected chi connectivity index (χ1v) is 8.39. The zero-order valence-corrected chi connectivity index (χ0v) is 13.6. The first-order chi connectivity index (χ1) is 10.2. The summed E-state index contributed by atoms with van der Waals surface area (Å²) in [6, 6.07) is 6.56. The number of rotatable bonds is 4. The summed E-state index contributed by atoms with van der Waals surface area (Å²) in [5, 5.41) is 3.57. The van der Waals surface area contributed by atoms with Crippen LogP contribution in [0.5, 0.6) is 5.75 Å². The number of aryl methyl sites for hydroxylation is 1. The van der Waals surface area contributed by atoms with Gasteiger partial charge in [-0.2, -0.15) is 0 Å². The molecule has 1 saturated heterocycles. The largest absolute Gasteiger partial charge is 0.488 e. The topological polar surface area (TPSA) is 24.5 Å². The minimum Gasteiger partial charge on any atom is -0.488 e. The fourth-order valence-electron chi connectivity index (χ4n) is 3.91. The van der Waals surface area contributed by atoms with Gasteiger partial charge >= 0.3 is 0 Å². The third kappa shape index (κ3) is 2.82. The van der Waals surface area contributed by atoms with E-state index in [1.165, 1.54) is 24.0 Å². The molecule has 21 heavy (non-hydrogen) atoms. The third-order valence-electron chi connectivity index (χ3n) is 5.38. The molecule has 1 atom stereocenters. The number of piperazine rings is 1. The van der Waals surface area contributed by atoms with E-state index in [9.17, 15) is 0 Å². The highest BCUT2D eigenvalue weighted by atomic mass is 16.5. The average molecular weight is 288 g/mol. The summed E-state index contributed by atoms with van der Waals surface area (Å²) in [6.45, 7) is 11.2. The van der Waals surface area contributed by atoms with Crippen LogP contribution >= 0.6 is 0 Å². The maximum absolute atomic E-state index is 6.18. The molecule has 3 heteroatoms. The normalized spacial score (nSPS) is 24.6. The van der Waals surface area contributed by atoms with Crippen molar-refractivity contribution in [1.82, 2.24) is 10.2 Å². The van der Waals surface area contributed by atoms with Gasteiger partial charge in [-0.05, 0) is 31.4 Å². The summed E-state index contributed by atoms with van der Waals surface area (Å²) >= 11 is 0. The van der Waals surface area contributed by atoms with Crippen LogP contribution < -0.4 is 10.1 Å². The van der Waals surface area contributed by atoms with E-state index in [1.54, 1.807) is 0 Å². The molecule has 3 rings (SSSR count). The van der Waals surface area contributed by atoms with Gasteiger partial charge in [0.25, 0.3) is 0 Å². The number of hydrogen-bond acceptors (Lipinski definition) is 3. The molecule has 0 spiro atoms. The molecule has 2 heterocycles. The SMILES string of the molecule is CCC1(CC)CNCCN1CC1Cc2cc(C)ccc2O1. The molecule has 0 saturated carbocycles. The zero-order chi connectivity index (χ0) is 14.9. The van der Waals surface area contributed by atoms with Gasteiger partial charge in [0.05, 0.1) is 0 Å². The minimum atomic E-state index is 0.312. The second-order valence-corrected chi connectivity index (χ2v) is 6.61. The summed E-state index contributed by atoms with van der Waals surface area (Å²) < 4.78 is 6.18. The highest BCUT2D eigenvalue weighted by Crippen LogP contribution is 2.32. The number of benzene rings is 1. The van der Waals surface area contributed by atoms with Crippen molar-refractivity contribution in [1.29, 1.82) is 0 Å². The van der Waals surface area contributed by atoms with Crippen molar-refractivity contribution in [2.24, 2.45) is 0 Å². The summed E-state index contributed by atoms with van der Waals surface area (Å²) in [5.41, 5.74) is 3.03. The average Bonchev–Trinajstić information content (AvgIpc) is 2.89. The van der Waals surface area contributed by atoms with Crippen molar-refractivity contribution < 1.29 is 4.74 Å². The molecule has 0 amide bonds. The molecular formula is C18H28N2O. The Bertz CT molecular complexity index is 496. The smallest absolute Gasteiger partial charge is 0.123 e. The van der Waals surface area contributed by atoms with Crippen molar-refractivity contribution in [2.45, 2.75) is 51.7 Å². The summed E-state index contributed by atoms with van der Waals surface area (Å²) in [4.78, 5) is 2.67. The first-order valence-electron chi connectivity index (χ1n) is 8.39. The lowest BCUT2D eigenvalue weighted by atomic mass is 9.88. The van der Waals surface area contributed by atoms with E-state index in [2.05, 4.69) is 49.2 Å². The Morgan fingerprint density at radius 1 is 1.33 bits per heavy atom. The predicted octanol–water partition coefficient (Wildman–Crippen LogP) is 2.76. The Hall–Kier alpha value is -1.06. The van der Waals surface area contributed by atoms with Crippen molar-refractivity contribution in [3.05, 3.63) is 29.3 Å². The molecule has 1 aromatic rings. The molecular weight excluding hydrogens is 260 g/mol. The van der Waals surface area contributed by atoms with E-state index in [0.29, 0.717) is 11.6 Å². The van der Waals surface area contributed by atoms with Crippen molar-refractivity contribution >= 4 is 0 Å². The van der Waals surface area contributed by atoms with E-state index in [0.717, 1.165) is 38.3 Å². The Morgan fingerprint density at radius 2 is 2.14 bits per heavy atom. The molecule has 0 aliphatic carbocycles. The highest BCUT2D eigenvalue weighted by Gasteiger charge is 2.38. The lowest BCUT2D eigenvalue weighted by Crippen LogP contribution is -2.62. The predicted molar refractivity (Wildman–Crippen MR) is 87.1 cm³/mol. The lowest BCUT2D eigenvalue weighted by molar-refractivity contribution is 0.0221. The van der Waals surface area contributed by atoms with Crippen LogP contribution in [0.3, 0.4) is 0 Å². The van der Waals surface area contributed by atoms with Gasteiger partial charge in [0.15, 0.2) is 0 Å². The van der Waals surface area contributed by atoms with Gasteiger partial charge in [-0.15, -0.1) is 0 Å². The fourth-order valence-corrected chi connectivity index (χ4v) is 3.91. The molecule has 1 unspecified atom stereocenters.